The van der Waals surface area contributed by atoms with Crippen LogP contribution >= 0.6 is 24.2 Å². The smallest absolute Gasteiger partial charge is 0.241 e. The topological polar surface area (TPSA) is 64.4 Å². The normalized spacial score (nSPS) is 11.7. The number of nitrogens with one attached hydrogen (secondary N) is 1. The van der Waals surface area contributed by atoms with Gasteiger partial charge in [-0.1, -0.05) is 0 Å². The second kappa shape index (κ2) is 9.91. The Balaban J connectivity index is 0.00000361. The summed E-state index contributed by atoms with van der Waals surface area (Å²) in [5.41, 5.74) is 6.53. The molecule has 3 N–H and O–H groups in total. The van der Waals surface area contributed by atoms with Crippen molar-refractivity contribution in [3.05, 3.63) is 24.3 Å². The average molecular weight is 319 g/mol. The zero-order valence-electron chi connectivity index (χ0n) is 12.1. The van der Waals surface area contributed by atoms with Crippen LogP contribution < -0.4 is 15.8 Å². The Morgan fingerprint density at radius 1 is 1.35 bits per heavy atom. The lowest BCUT2D eigenvalue weighted by molar-refractivity contribution is -0.117. The Kier molecular flexibility index (Phi) is 9.46. The lowest BCUT2D eigenvalue weighted by atomic mass is 10.2. The van der Waals surface area contributed by atoms with E-state index in [-0.39, 0.29) is 24.4 Å². The SMILES string of the molecule is CSCC[C@H](N)C(=O)Nc1ccc(OC(C)C)cc1.Cl. The fraction of sp³-hybridized carbons (Fsp3) is 0.500. The Hall–Kier alpha value is -0.910. The van der Waals surface area contributed by atoms with Crippen molar-refractivity contribution >= 4 is 35.8 Å². The lowest BCUT2D eigenvalue weighted by Crippen LogP contribution is -2.36. The molecule has 1 amide bonds. The van der Waals surface area contributed by atoms with Gasteiger partial charge in [0, 0.05) is 5.69 Å². The molecule has 1 rings (SSSR count). The van der Waals surface area contributed by atoms with E-state index in [1.807, 2.05) is 44.4 Å². The van der Waals surface area contributed by atoms with Crippen LogP contribution in [0.25, 0.3) is 0 Å². The molecule has 6 heteroatoms. The lowest BCUT2D eigenvalue weighted by Gasteiger charge is -2.13. The molecule has 1 aromatic carbocycles. The van der Waals surface area contributed by atoms with Crippen molar-refractivity contribution in [2.75, 3.05) is 17.3 Å². The van der Waals surface area contributed by atoms with Crippen LogP contribution in [0.4, 0.5) is 5.69 Å². The minimum atomic E-state index is -0.459. The van der Waals surface area contributed by atoms with Crippen molar-refractivity contribution in [1.82, 2.24) is 0 Å². The molecule has 0 heterocycles. The van der Waals surface area contributed by atoms with Gasteiger partial charge in [0.1, 0.15) is 5.75 Å². The molecule has 0 radical (unpaired) electrons. The maximum atomic E-state index is 11.8. The van der Waals surface area contributed by atoms with Crippen molar-refractivity contribution < 1.29 is 9.53 Å². The molecule has 20 heavy (non-hydrogen) atoms. The molecule has 0 bridgehead atoms. The van der Waals surface area contributed by atoms with Crippen LogP contribution in [0.5, 0.6) is 5.75 Å². The fourth-order valence-corrected chi connectivity index (χ4v) is 1.99. The molecule has 0 aromatic heterocycles. The van der Waals surface area contributed by atoms with Crippen molar-refractivity contribution in [3.63, 3.8) is 0 Å². The summed E-state index contributed by atoms with van der Waals surface area (Å²) < 4.78 is 5.53. The third-order valence-corrected chi connectivity index (χ3v) is 3.11. The summed E-state index contributed by atoms with van der Waals surface area (Å²) in [5, 5.41) is 2.80. The van der Waals surface area contributed by atoms with Crippen LogP contribution in [0.15, 0.2) is 24.3 Å². The van der Waals surface area contributed by atoms with Crippen molar-refractivity contribution in [2.45, 2.75) is 32.4 Å². The predicted molar refractivity (Wildman–Crippen MR) is 89.1 cm³/mol. The summed E-state index contributed by atoms with van der Waals surface area (Å²) in [5.74, 6) is 1.53. The van der Waals surface area contributed by atoms with E-state index in [1.165, 1.54) is 0 Å². The number of ether oxygens (including phenoxy) is 1. The van der Waals surface area contributed by atoms with E-state index in [2.05, 4.69) is 5.32 Å². The summed E-state index contributed by atoms with van der Waals surface area (Å²) in [4.78, 5) is 11.8. The first-order valence-electron chi connectivity index (χ1n) is 6.35. The van der Waals surface area contributed by atoms with E-state index < -0.39 is 6.04 Å². The molecule has 0 fully saturated rings. The molecule has 4 nitrogen and oxygen atoms in total. The molecular weight excluding hydrogens is 296 g/mol. The first-order chi connectivity index (χ1) is 9.02. The minimum Gasteiger partial charge on any atom is -0.491 e. The first-order valence-corrected chi connectivity index (χ1v) is 7.74. The monoisotopic (exact) mass is 318 g/mol. The molecule has 1 aromatic rings. The largest absolute Gasteiger partial charge is 0.491 e. The number of rotatable bonds is 7. The molecule has 0 saturated heterocycles. The summed E-state index contributed by atoms with van der Waals surface area (Å²) in [6, 6.07) is 6.85. The predicted octanol–water partition coefficient (Wildman–Crippen LogP) is 2.91. The Morgan fingerprint density at radius 2 is 1.95 bits per heavy atom. The van der Waals surface area contributed by atoms with Gasteiger partial charge in [-0.2, -0.15) is 11.8 Å². The standard InChI is InChI=1S/C14H22N2O2S.ClH/c1-10(2)18-12-6-4-11(5-7-12)16-14(17)13(15)8-9-19-3;/h4-7,10,13H,8-9,15H2,1-3H3,(H,16,17);1H/t13-;/m0./s1. The van der Waals surface area contributed by atoms with Crippen molar-refractivity contribution in [2.24, 2.45) is 5.73 Å². The highest BCUT2D eigenvalue weighted by Crippen LogP contribution is 2.17. The maximum absolute atomic E-state index is 11.8. The average Bonchev–Trinajstić information content (AvgIpc) is 2.37. The van der Waals surface area contributed by atoms with Gasteiger partial charge in [-0.3, -0.25) is 4.79 Å². The zero-order chi connectivity index (χ0) is 14.3. The molecule has 0 spiro atoms. The Morgan fingerprint density at radius 3 is 2.45 bits per heavy atom. The maximum Gasteiger partial charge on any atom is 0.241 e. The highest BCUT2D eigenvalue weighted by molar-refractivity contribution is 7.98. The number of anilines is 1. The van der Waals surface area contributed by atoms with E-state index in [4.69, 9.17) is 10.5 Å². The molecule has 0 saturated carbocycles. The van der Waals surface area contributed by atoms with Gasteiger partial charge in [-0.05, 0) is 56.5 Å². The second-order valence-electron chi connectivity index (χ2n) is 4.57. The first kappa shape index (κ1) is 19.1. The van der Waals surface area contributed by atoms with Gasteiger partial charge in [0.05, 0.1) is 12.1 Å². The van der Waals surface area contributed by atoms with E-state index in [0.717, 1.165) is 17.2 Å². The van der Waals surface area contributed by atoms with Gasteiger partial charge in [0.2, 0.25) is 5.91 Å². The van der Waals surface area contributed by atoms with Gasteiger partial charge in [-0.25, -0.2) is 0 Å². The van der Waals surface area contributed by atoms with E-state index in [1.54, 1.807) is 11.8 Å². The van der Waals surface area contributed by atoms with Crippen LogP contribution in [0.1, 0.15) is 20.3 Å². The second-order valence-corrected chi connectivity index (χ2v) is 5.55. The minimum absolute atomic E-state index is 0. The summed E-state index contributed by atoms with van der Waals surface area (Å²) >= 11 is 1.68. The number of nitrogens with two attached hydrogens (primary N) is 1. The molecular formula is C14H23ClN2O2S. The molecule has 0 aliphatic rings. The van der Waals surface area contributed by atoms with Crippen LogP contribution in [0.3, 0.4) is 0 Å². The van der Waals surface area contributed by atoms with Crippen LogP contribution in [-0.4, -0.2) is 30.1 Å². The summed E-state index contributed by atoms with van der Waals surface area (Å²) in [7, 11) is 0. The van der Waals surface area contributed by atoms with Crippen LogP contribution in [-0.2, 0) is 4.79 Å². The van der Waals surface area contributed by atoms with E-state index in [0.29, 0.717) is 6.42 Å². The summed E-state index contributed by atoms with van der Waals surface area (Å²) in [6.07, 6.45) is 2.82. The van der Waals surface area contributed by atoms with Crippen molar-refractivity contribution in [1.29, 1.82) is 0 Å². The number of carbonyl (C=O) groups is 1. The number of hydrogen-bond donors (Lipinski definition) is 2. The van der Waals surface area contributed by atoms with Gasteiger partial charge in [0.15, 0.2) is 0 Å². The zero-order valence-corrected chi connectivity index (χ0v) is 13.7. The number of halogens is 1. The third-order valence-electron chi connectivity index (χ3n) is 2.46. The van der Waals surface area contributed by atoms with Gasteiger partial charge < -0.3 is 15.8 Å². The summed E-state index contributed by atoms with van der Waals surface area (Å²) in [6.45, 7) is 3.95. The molecule has 114 valence electrons. The Bertz CT molecular complexity index is 399. The third kappa shape index (κ3) is 7.03. The highest BCUT2D eigenvalue weighted by atomic mass is 35.5. The fourth-order valence-electron chi connectivity index (χ4n) is 1.50. The van der Waals surface area contributed by atoms with Crippen LogP contribution in [0.2, 0.25) is 0 Å². The molecule has 0 aliphatic heterocycles. The number of thioether (sulfide) groups is 1. The van der Waals surface area contributed by atoms with E-state index >= 15 is 0 Å². The van der Waals surface area contributed by atoms with Gasteiger partial charge in [0.25, 0.3) is 0 Å². The van der Waals surface area contributed by atoms with Crippen LogP contribution in [0, 0.1) is 0 Å². The highest BCUT2D eigenvalue weighted by Gasteiger charge is 2.12. The number of benzene rings is 1. The molecule has 0 unspecified atom stereocenters. The van der Waals surface area contributed by atoms with Gasteiger partial charge in [-0.15, -0.1) is 12.4 Å². The number of amides is 1. The van der Waals surface area contributed by atoms with Crippen molar-refractivity contribution in [3.8, 4) is 5.75 Å². The number of carbonyl (C=O) groups excluding carboxylic acids is 1. The van der Waals surface area contributed by atoms with Gasteiger partial charge >= 0.3 is 0 Å². The number of hydrogen-bond acceptors (Lipinski definition) is 4. The Labute approximate surface area is 131 Å². The molecule has 0 aliphatic carbocycles. The quantitative estimate of drug-likeness (QED) is 0.811. The molecule has 1 atom stereocenters. The van der Waals surface area contributed by atoms with E-state index in [9.17, 15) is 4.79 Å².